The van der Waals surface area contributed by atoms with Crippen LogP contribution >= 0.6 is 0 Å². The van der Waals surface area contributed by atoms with Crippen LogP contribution in [0.15, 0.2) is 12.4 Å². The van der Waals surface area contributed by atoms with E-state index in [1.54, 1.807) is 13.3 Å². The molecule has 0 atom stereocenters. The highest BCUT2D eigenvalue weighted by molar-refractivity contribution is 4.91. The van der Waals surface area contributed by atoms with Crippen LogP contribution in [0.3, 0.4) is 0 Å². The van der Waals surface area contributed by atoms with Gasteiger partial charge in [-0.3, -0.25) is 0 Å². The molecule has 0 aliphatic heterocycles. The van der Waals surface area contributed by atoms with Gasteiger partial charge in [0.25, 0.3) is 0 Å². The Bertz CT molecular complexity index is 209. The molecule has 0 amide bonds. The number of aromatic nitrogens is 2. The van der Waals surface area contributed by atoms with Crippen LogP contribution < -0.4 is 5.48 Å². The van der Waals surface area contributed by atoms with Crippen molar-refractivity contribution in [1.29, 1.82) is 0 Å². The molecule has 1 N–H and O–H groups in total. The second-order valence-corrected chi connectivity index (χ2v) is 2.30. The van der Waals surface area contributed by atoms with Gasteiger partial charge in [-0.15, -0.1) is 0 Å². The fraction of sp³-hybridized carbons (Fsp3) is 0.571. The molecule has 0 radical (unpaired) electrons. The van der Waals surface area contributed by atoms with E-state index in [1.165, 1.54) is 0 Å². The van der Waals surface area contributed by atoms with E-state index < -0.39 is 0 Å². The van der Waals surface area contributed by atoms with Crippen molar-refractivity contribution in [2.45, 2.75) is 6.42 Å². The molecule has 1 aromatic rings. The Morgan fingerprint density at radius 1 is 1.73 bits per heavy atom. The largest absolute Gasteiger partial charge is 0.338 e. The average molecular weight is 155 g/mol. The molecule has 4 nitrogen and oxygen atoms in total. The Balaban J connectivity index is 2.32. The summed E-state index contributed by atoms with van der Waals surface area (Å²) in [5.74, 6) is 1.06. The van der Waals surface area contributed by atoms with Gasteiger partial charge >= 0.3 is 0 Å². The molecule has 62 valence electrons. The molecule has 0 aromatic carbocycles. The van der Waals surface area contributed by atoms with Crippen LogP contribution in [0.25, 0.3) is 0 Å². The van der Waals surface area contributed by atoms with Gasteiger partial charge in [-0.05, 0) is 0 Å². The molecule has 0 fully saturated rings. The maximum absolute atomic E-state index is 4.69. The summed E-state index contributed by atoms with van der Waals surface area (Å²) < 4.78 is 2.00. The molecule has 0 aliphatic rings. The lowest BCUT2D eigenvalue weighted by atomic mass is 10.4. The van der Waals surface area contributed by atoms with Crippen molar-refractivity contribution in [3.63, 3.8) is 0 Å². The highest BCUT2D eigenvalue weighted by Gasteiger charge is 1.96. The van der Waals surface area contributed by atoms with E-state index in [1.807, 2.05) is 17.8 Å². The van der Waals surface area contributed by atoms with Gasteiger partial charge in [-0.25, -0.2) is 10.5 Å². The quantitative estimate of drug-likeness (QED) is 0.495. The molecule has 0 saturated heterocycles. The first kappa shape index (κ1) is 8.23. The number of rotatable bonds is 4. The van der Waals surface area contributed by atoms with Gasteiger partial charge in [0.1, 0.15) is 5.82 Å². The minimum atomic E-state index is 0.793. The lowest BCUT2D eigenvalue weighted by Crippen LogP contribution is -2.16. The highest BCUT2D eigenvalue weighted by Crippen LogP contribution is 1.93. The Morgan fingerprint density at radius 3 is 3.09 bits per heavy atom. The van der Waals surface area contributed by atoms with Crippen molar-refractivity contribution in [3.8, 4) is 0 Å². The normalized spacial score (nSPS) is 10.4. The number of hydroxylamine groups is 1. The molecule has 1 heterocycles. The average Bonchev–Trinajstić information content (AvgIpc) is 2.37. The first-order valence-electron chi connectivity index (χ1n) is 3.56. The molecule has 4 heteroatoms. The van der Waals surface area contributed by atoms with E-state index in [9.17, 15) is 0 Å². The molecule has 0 aliphatic carbocycles. The fourth-order valence-electron chi connectivity index (χ4n) is 0.902. The second-order valence-electron chi connectivity index (χ2n) is 2.30. The van der Waals surface area contributed by atoms with Crippen molar-refractivity contribution in [1.82, 2.24) is 15.0 Å². The molecule has 11 heavy (non-hydrogen) atoms. The third kappa shape index (κ3) is 2.32. The van der Waals surface area contributed by atoms with Crippen LogP contribution in [0.1, 0.15) is 5.82 Å². The van der Waals surface area contributed by atoms with Crippen molar-refractivity contribution in [3.05, 3.63) is 18.2 Å². The van der Waals surface area contributed by atoms with Crippen LogP contribution in [0.5, 0.6) is 0 Å². The zero-order chi connectivity index (χ0) is 8.10. The minimum absolute atomic E-state index is 0.793. The summed E-state index contributed by atoms with van der Waals surface area (Å²) >= 11 is 0. The Morgan fingerprint density at radius 2 is 2.55 bits per heavy atom. The van der Waals surface area contributed by atoms with Crippen LogP contribution in [-0.4, -0.2) is 23.2 Å². The van der Waals surface area contributed by atoms with Gasteiger partial charge in [0.2, 0.25) is 0 Å². The summed E-state index contributed by atoms with van der Waals surface area (Å²) in [6.45, 7) is 0.793. The molecular formula is C7H13N3O. The van der Waals surface area contributed by atoms with Crippen molar-refractivity contribution < 1.29 is 4.84 Å². The maximum Gasteiger partial charge on any atom is 0.109 e. The fourth-order valence-corrected chi connectivity index (χ4v) is 0.902. The van der Waals surface area contributed by atoms with Gasteiger partial charge in [-0.2, -0.15) is 0 Å². The number of hydrogen-bond acceptors (Lipinski definition) is 3. The summed E-state index contributed by atoms with van der Waals surface area (Å²) in [6, 6.07) is 0. The predicted molar refractivity (Wildman–Crippen MR) is 41.9 cm³/mol. The Labute approximate surface area is 66.1 Å². The van der Waals surface area contributed by atoms with Crippen LogP contribution in [-0.2, 0) is 18.3 Å². The molecule has 0 spiro atoms. The van der Waals surface area contributed by atoms with Crippen LogP contribution in [0, 0.1) is 0 Å². The lowest BCUT2D eigenvalue weighted by Gasteiger charge is -2.01. The molecule has 1 aromatic heterocycles. The zero-order valence-electron chi connectivity index (χ0n) is 6.87. The predicted octanol–water partition coefficient (Wildman–Crippen LogP) is 0.114. The Kier molecular flexibility index (Phi) is 3.07. The first-order valence-corrected chi connectivity index (χ1v) is 3.56. The Hall–Kier alpha value is -0.870. The molecule has 0 unspecified atom stereocenters. The molecule has 1 rings (SSSR count). The van der Waals surface area contributed by atoms with Gasteiger partial charge in [0.15, 0.2) is 0 Å². The number of nitrogens with zero attached hydrogens (tertiary/aromatic N) is 2. The van der Waals surface area contributed by atoms with Crippen molar-refractivity contribution in [2.24, 2.45) is 7.05 Å². The summed E-state index contributed by atoms with van der Waals surface area (Å²) in [6.07, 6.45) is 4.61. The summed E-state index contributed by atoms with van der Waals surface area (Å²) in [5.41, 5.74) is 2.76. The van der Waals surface area contributed by atoms with E-state index in [0.717, 1.165) is 18.8 Å². The SMILES string of the molecule is CONCCc1nccn1C. The highest BCUT2D eigenvalue weighted by atomic mass is 16.6. The number of nitrogens with one attached hydrogen (secondary N) is 1. The second kappa shape index (κ2) is 4.10. The molecule has 0 saturated carbocycles. The number of hydrogen-bond donors (Lipinski definition) is 1. The summed E-state index contributed by atoms with van der Waals surface area (Å²) in [7, 11) is 3.59. The van der Waals surface area contributed by atoms with Crippen molar-refractivity contribution in [2.75, 3.05) is 13.7 Å². The lowest BCUT2D eigenvalue weighted by molar-refractivity contribution is 0.0923. The van der Waals surface area contributed by atoms with Crippen LogP contribution in [0.2, 0.25) is 0 Å². The topological polar surface area (TPSA) is 39.1 Å². The number of imidazole rings is 1. The molecular weight excluding hydrogens is 142 g/mol. The standard InChI is InChI=1S/C7H13N3O/c1-10-6-5-8-7(10)3-4-9-11-2/h5-6,9H,3-4H2,1-2H3. The van der Waals surface area contributed by atoms with Crippen LogP contribution in [0.4, 0.5) is 0 Å². The summed E-state index contributed by atoms with van der Waals surface area (Å²) in [4.78, 5) is 8.85. The zero-order valence-corrected chi connectivity index (χ0v) is 6.87. The summed E-state index contributed by atoms with van der Waals surface area (Å²) in [5, 5.41) is 0. The van der Waals surface area contributed by atoms with Gasteiger partial charge < -0.3 is 9.40 Å². The maximum atomic E-state index is 4.69. The third-order valence-electron chi connectivity index (χ3n) is 1.52. The van der Waals surface area contributed by atoms with E-state index in [4.69, 9.17) is 4.84 Å². The van der Waals surface area contributed by atoms with E-state index in [-0.39, 0.29) is 0 Å². The van der Waals surface area contributed by atoms with Crippen molar-refractivity contribution >= 4 is 0 Å². The van der Waals surface area contributed by atoms with Gasteiger partial charge in [0.05, 0.1) is 7.11 Å². The molecule has 0 bridgehead atoms. The first-order chi connectivity index (χ1) is 5.34. The van der Waals surface area contributed by atoms with Gasteiger partial charge in [0, 0.05) is 32.4 Å². The van der Waals surface area contributed by atoms with E-state index in [0.29, 0.717) is 0 Å². The minimum Gasteiger partial charge on any atom is -0.338 e. The third-order valence-corrected chi connectivity index (χ3v) is 1.52. The monoisotopic (exact) mass is 155 g/mol. The van der Waals surface area contributed by atoms with E-state index in [2.05, 4.69) is 10.5 Å². The number of aryl methyl sites for hydroxylation is 1. The van der Waals surface area contributed by atoms with E-state index >= 15 is 0 Å². The smallest absolute Gasteiger partial charge is 0.109 e. The van der Waals surface area contributed by atoms with Gasteiger partial charge in [-0.1, -0.05) is 0 Å².